The summed E-state index contributed by atoms with van der Waals surface area (Å²) in [6, 6.07) is 12.0. The second-order valence-corrected chi connectivity index (χ2v) is 6.34. The van der Waals surface area contributed by atoms with Crippen LogP contribution in [0.4, 0.5) is 5.69 Å². The summed E-state index contributed by atoms with van der Waals surface area (Å²) in [7, 11) is -2.57. The van der Waals surface area contributed by atoms with Gasteiger partial charge in [-0.15, -0.1) is 0 Å². The number of halogens is 1. The van der Waals surface area contributed by atoms with Gasteiger partial charge in [-0.25, -0.2) is 13.9 Å². The van der Waals surface area contributed by atoms with Crippen LogP contribution in [0.25, 0.3) is 0 Å². The molecule has 0 aliphatic rings. The first kappa shape index (κ1) is 16.3. The average molecular weight is 341 g/mol. The zero-order valence-electron chi connectivity index (χ0n) is 11.5. The fourth-order valence-electron chi connectivity index (χ4n) is 1.70. The second kappa shape index (κ2) is 6.78. The molecule has 0 aliphatic heterocycles. The van der Waals surface area contributed by atoms with Gasteiger partial charge in [-0.3, -0.25) is 14.4 Å². The maximum Gasteiger partial charge on any atom is 0.274 e. The molecule has 0 saturated carbocycles. The molecule has 0 bridgehead atoms. The molecule has 22 heavy (non-hydrogen) atoms. The number of carbonyl (C=O) groups is 1. The van der Waals surface area contributed by atoms with Gasteiger partial charge in [0.15, 0.2) is 0 Å². The SMILES string of the molecule is CONC(=O)c1cccc(S(=O)(=O)Nc2ccccc2Cl)c1. The van der Waals surface area contributed by atoms with Gasteiger partial charge in [-0.05, 0) is 30.3 Å². The molecule has 1 amide bonds. The van der Waals surface area contributed by atoms with Crippen LogP contribution in [-0.4, -0.2) is 21.4 Å². The lowest BCUT2D eigenvalue weighted by atomic mass is 10.2. The van der Waals surface area contributed by atoms with Crippen molar-refractivity contribution >= 4 is 33.2 Å². The fourth-order valence-corrected chi connectivity index (χ4v) is 3.07. The summed E-state index contributed by atoms with van der Waals surface area (Å²) in [6.45, 7) is 0. The Hall–Kier alpha value is -2.09. The number of hydrogen-bond donors (Lipinski definition) is 2. The van der Waals surface area contributed by atoms with Crippen LogP contribution in [0.15, 0.2) is 53.4 Å². The molecule has 2 N–H and O–H groups in total. The van der Waals surface area contributed by atoms with Gasteiger partial charge in [0, 0.05) is 5.56 Å². The lowest BCUT2D eigenvalue weighted by Crippen LogP contribution is -2.22. The maximum atomic E-state index is 12.4. The van der Waals surface area contributed by atoms with Crippen LogP contribution in [0.2, 0.25) is 5.02 Å². The predicted molar refractivity (Wildman–Crippen MR) is 83.2 cm³/mol. The maximum absolute atomic E-state index is 12.4. The van der Waals surface area contributed by atoms with E-state index < -0.39 is 15.9 Å². The van der Waals surface area contributed by atoms with Crippen LogP contribution in [0.1, 0.15) is 10.4 Å². The van der Waals surface area contributed by atoms with Crippen molar-refractivity contribution in [1.29, 1.82) is 0 Å². The van der Waals surface area contributed by atoms with Crippen LogP contribution >= 0.6 is 11.6 Å². The molecular weight excluding hydrogens is 328 g/mol. The van der Waals surface area contributed by atoms with Crippen LogP contribution in [0.3, 0.4) is 0 Å². The Labute approximate surface area is 133 Å². The summed E-state index contributed by atoms with van der Waals surface area (Å²) < 4.78 is 27.1. The standard InChI is InChI=1S/C14H13ClN2O4S/c1-21-16-14(18)10-5-4-6-11(9-10)22(19,20)17-13-8-3-2-7-12(13)15/h2-9,17H,1H3,(H,16,18). The number of sulfonamides is 1. The number of nitrogens with one attached hydrogen (secondary N) is 2. The molecular formula is C14H13ClN2O4S. The summed E-state index contributed by atoms with van der Waals surface area (Å²) >= 11 is 5.93. The van der Waals surface area contributed by atoms with Crippen molar-refractivity contribution in [2.75, 3.05) is 11.8 Å². The highest BCUT2D eigenvalue weighted by atomic mass is 35.5. The second-order valence-electron chi connectivity index (χ2n) is 4.25. The fraction of sp³-hybridized carbons (Fsp3) is 0.0714. The molecule has 0 unspecified atom stereocenters. The molecule has 2 rings (SSSR count). The normalized spacial score (nSPS) is 11.0. The van der Waals surface area contributed by atoms with Crippen molar-refractivity contribution in [1.82, 2.24) is 5.48 Å². The van der Waals surface area contributed by atoms with Gasteiger partial charge >= 0.3 is 0 Å². The van der Waals surface area contributed by atoms with Crippen molar-refractivity contribution in [3.8, 4) is 0 Å². The number of hydrogen-bond acceptors (Lipinski definition) is 4. The molecule has 0 heterocycles. The van der Waals surface area contributed by atoms with Crippen LogP contribution in [-0.2, 0) is 14.9 Å². The van der Waals surface area contributed by atoms with E-state index in [1.165, 1.54) is 31.4 Å². The van der Waals surface area contributed by atoms with Crippen LogP contribution in [0.5, 0.6) is 0 Å². The van der Waals surface area contributed by atoms with Crippen molar-refractivity contribution in [3.05, 3.63) is 59.1 Å². The van der Waals surface area contributed by atoms with Gasteiger partial charge in [0.05, 0.1) is 22.7 Å². The molecule has 6 nitrogen and oxygen atoms in total. The Morgan fingerprint density at radius 3 is 2.55 bits per heavy atom. The third kappa shape index (κ3) is 3.76. The minimum Gasteiger partial charge on any atom is -0.278 e. The van der Waals surface area contributed by atoms with Crippen LogP contribution < -0.4 is 10.2 Å². The molecule has 0 aliphatic carbocycles. The van der Waals surface area contributed by atoms with Crippen molar-refractivity contribution < 1.29 is 18.0 Å². The van der Waals surface area contributed by atoms with E-state index in [1.807, 2.05) is 0 Å². The van der Waals surface area contributed by atoms with Gasteiger partial charge < -0.3 is 0 Å². The molecule has 2 aromatic rings. The summed E-state index contributed by atoms with van der Waals surface area (Å²) in [6.07, 6.45) is 0. The Bertz CT molecular complexity index is 793. The topological polar surface area (TPSA) is 84.5 Å². The van der Waals surface area contributed by atoms with E-state index in [0.29, 0.717) is 0 Å². The van der Waals surface area contributed by atoms with Gasteiger partial charge in [0.2, 0.25) is 0 Å². The number of hydroxylamine groups is 1. The first-order valence-electron chi connectivity index (χ1n) is 6.15. The van der Waals surface area contributed by atoms with Gasteiger partial charge in [0.25, 0.3) is 15.9 Å². The van der Waals surface area contributed by atoms with E-state index in [2.05, 4.69) is 15.0 Å². The van der Waals surface area contributed by atoms with E-state index >= 15 is 0 Å². The molecule has 0 saturated heterocycles. The van der Waals surface area contributed by atoms with Gasteiger partial charge in [-0.1, -0.05) is 29.8 Å². The Morgan fingerprint density at radius 1 is 1.14 bits per heavy atom. The molecule has 2 aromatic carbocycles. The zero-order chi connectivity index (χ0) is 16.2. The van der Waals surface area contributed by atoms with E-state index in [9.17, 15) is 13.2 Å². The first-order valence-corrected chi connectivity index (χ1v) is 8.01. The molecule has 0 fully saturated rings. The Balaban J connectivity index is 2.32. The van der Waals surface area contributed by atoms with Gasteiger partial charge in [-0.2, -0.15) is 0 Å². The third-order valence-corrected chi connectivity index (χ3v) is 4.41. The molecule has 0 spiro atoms. The number of para-hydroxylation sites is 1. The van der Waals surface area contributed by atoms with E-state index in [-0.39, 0.29) is 21.2 Å². The quantitative estimate of drug-likeness (QED) is 0.819. The van der Waals surface area contributed by atoms with Crippen molar-refractivity contribution in [2.45, 2.75) is 4.90 Å². The Kier molecular flexibility index (Phi) is 5.02. The lowest BCUT2D eigenvalue weighted by molar-refractivity contribution is 0.0537. The number of anilines is 1. The number of carbonyl (C=O) groups excluding carboxylic acids is 1. The van der Waals surface area contributed by atoms with Crippen molar-refractivity contribution in [3.63, 3.8) is 0 Å². The summed E-state index contributed by atoms with van der Waals surface area (Å²) in [5, 5.41) is 0.277. The summed E-state index contributed by atoms with van der Waals surface area (Å²) in [5.41, 5.74) is 2.54. The summed E-state index contributed by atoms with van der Waals surface area (Å²) in [4.78, 5) is 16.1. The molecule has 0 radical (unpaired) electrons. The molecule has 8 heteroatoms. The highest BCUT2D eigenvalue weighted by molar-refractivity contribution is 7.92. The van der Waals surface area contributed by atoms with Gasteiger partial charge in [0.1, 0.15) is 0 Å². The Morgan fingerprint density at radius 2 is 1.86 bits per heavy atom. The smallest absolute Gasteiger partial charge is 0.274 e. The lowest BCUT2D eigenvalue weighted by Gasteiger charge is -2.10. The average Bonchev–Trinajstić information content (AvgIpc) is 2.50. The number of rotatable bonds is 5. The monoisotopic (exact) mass is 340 g/mol. The molecule has 0 aromatic heterocycles. The third-order valence-electron chi connectivity index (χ3n) is 2.72. The van der Waals surface area contributed by atoms with E-state index in [1.54, 1.807) is 24.3 Å². The van der Waals surface area contributed by atoms with E-state index in [0.717, 1.165) is 0 Å². The highest BCUT2D eigenvalue weighted by Gasteiger charge is 2.17. The largest absolute Gasteiger partial charge is 0.278 e. The summed E-state index contributed by atoms with van der Waals surface area (Å²) in [5.74, 6) is -0.544. The van der Waals surface area contributed by atoms with Crippen LogP contribution in [0, 0.1) is 0 Å². The minimum absolute atomic E-state index is 0.0591. The highest BCUT2D eigenvalue weighted by Crippen LogP contribution is 2.24. The number of amides is 1. The first-order chi connectivity index (χ1) is 10.4. The predicted octanol–water partition coefficient (Wildman–Crippen LogP) is 2.43. The number of benzene rings is 2. The van der Waals surface area contributed by atoms with E-state index in [4.69, 9.17) is 11.6 Å². The molecule has 116 valence electrons. The zero-order valence-corrected chi connectivity index (χ0v) is 13.1. The van der Waals surface area contributed by atoms with Crippen molar-refractivity contribution in [2.24, 2.45) is 0 Å². The molecule has 0 atom stereocenters. The minimum atomic E-state index is -3.86.